The predicted octanol–water partition coefficient (Wildman–Crippen LogP) is 4.12. The molecule has 0 aliphatic heterocycles. The molecule has 3 aromatic carbocycles. The van der Waals surface area contributed by atoms with Crippen LogP contribution in [-0.2, 0) is 0 Å². The van der Waals surface area contributed by atoms with E-state index in [1.807, 2.05) is 6.08 Å². The molecule has 0 aliphatic carbocycles. The maximum atomic E-state index is 10.5. The summed E-state index contributed by atoms with van der Waals surface area (Å²) in [5, 5.41) is 10.5. The van der Waals surface area contributed by atoms with Crippen molar-refractivity contribution in [1.29, 1.82) is 0 Å². The number of rotatable bonds is 6. The molecule has 0 fully saturated rings. The van der Waals surface area contributed by atoms with Crippen LogP contribution in [-0.4, -0.2) is 29.6 Å². The molecule has 3 rings (SSSR count). The van der Waals surface area contributed by atoms with Crippen LogP contribution < -0.4 is 10.7 Å². The first kappa shape index (κ1) is 20.9. The molecule has 0 amide bonds. The molecule has 1 unspecified atom stereocenters. The van der Waals surface area contributed by atoms with E-state index >= 15 is 0 Å². The molecule has 0 aliphatic rings. The van der Waals surface area contributed by atoms with Crippen molar-refractivity contribution in [1.82, 2.24) is 0 Å². The number of hydrogen-bond donors (Lipinski definition) is 1. The number of hydrogen-bond acceptors (Lipinski definition) is 1. The zero-order valence-corrected chi connectivity index (χ0v) is 19.9. The summed E-state index contributed by atoms with van der Waals surface area (Å²) < 4.78 is 5.37. The van der Waals surface area contributed by atoms with Gasteiger partial charge in [-0.1, -0.05) is 0 Å². The van der Waals surface area contributed by atoms with Crippen LogP contribution in [0.25, 0.3) is 0 Å². The van der Waals surface area contributed by atoms with Crippen LogP contribution >= 0.6 is 0 Å². The van der Waals surface area contributed by atoms with Crippen LogP contribution in [0.4, 0.5) is 0 Å². The Hall–Kier alpha value is -1.84. The first-order chi connectivity index (χ1) is 13.4. The summed E-state index contributed by atoms with van der Waals surface area (Å²) >= 11 is -3.24. The van der Waals surface area contributed by atoms with Gasteiger partial charge < -0.3 is 0 Å². The topological polar surface area (TPSA) is 20.2 Å². The van der Waals surface area contributed by atoms with E-state index in [-0.39, 0.29) is 5.41 Å². The normalized spacial score (nSPS) is 13.6. The predicted molar refractivity (Wildman–Crippen MR) is 123 cm³/mol. The van der Waals surface area contributed by atoms with E-state index in [4.69, 9.17) is 0 Å². The van der Waals surface area contributed by atoms with E-state index < -0.39 is 24.5 Å². The number of aliphatic hydroxyl groups excluding tert-OH is 1. The third-order valence-corrected chi connectivity index (χ3v) is 19.1. The molecule has 1 N–H and O–H groups in total. The molecular formula is C26H30OSn. The Labute approximate surface area is 173 Å². The average Bonchev–Trinajstić information content (AvgIpc) is 2.72. The molecule has 0 spiro atoms. The number of allylic oxidation sites excluding steroid dienone is 1. The molecule has 28 heavy (non-hydrogen) atoms. The Morgan fingerprint density at radius 2 is 1.07 bits per heavy atom. The Balaban J connectivity index is 2.16. The Morgan fingerprint density at radius 3 is 1.39 bits per heavy atom. The summed E-state index contributed by atoms with van der Waals surface area (Å²) in [6.45, 7) is 6.22. The third-order valence-electron chi connectivity index (χ3n) is 5.43. The second kappa shape index (κ2) is 9.10. The molecule has 0 saturated heterocycles. The fraction of sp³-hybridized carbons (Fsp3) is 0.231. The molecule has 2 heteroatoms. The summed E-state index contributed by atoms with van der Waals surface area (Å²) in [7, 11) is 0. The van der Waals surface area contributed by atoms with Crippen LogP contribution in [0.3, 0.4) is 0 Å². The Morgan fingerprint density at radius 1 is 0.714 bits per heavy atom. The van der Waals surface area contributed by atoms with Gasteiger partial charge in [0.25, 0.3) is 0 Å². The van der Waals surface area contributed by atoms with Crippen molar-refractivity contribution in [2.45, 2.75) is 31.3 Å². The van der Waals surface area contributed by atoms with Gasteiger partial charge >= 0.3 is 174 Å². The average molecular weight is 477 g/mol. The van der Waals surface area contributed by atoms with Crippen molar-refractivity contribution in [2.75, 3.05) is 0 Å². The summed E-state index contributed by atoms with van der Waals surface area (Å²) in [6, 6.07) is 33.0. The third kappa shape index (κ3) is 4.59. The van der Waals surface area contributed by atoms with Gasteiger partial charge in [0.2, 0.25) is 0 Å². The van der Waals surface area contributed by atoms with Gasteiger partial charge in [0, 0.05) is 0 Å². The number of benzene rings is 3. The van der Waals surface area contributed by atoms with Crippen molar-refractivity contribution >= 4 is 29.1 Å². The van der Waals surface area contributed by atoms with Crippen molar-refractivity contribution in [2.24, 2.45) is 5.41 Å². The molecular weight excluding hydrogens is 447 g/mol. The Kier molecular flexibility index (Phi) is 6.79. The Bertz CT molecular complexity index is 783. The zero-order chi connectivity index (χ0) is 20.0. The van der Waals surface area contributed by atoms with Gasteiger partial charge in [0.05, 0.1) is 0 Å². The van der Waals surface area contributed by atoms with Gasteiger partial charge in [-0.05, 0) is 0 Å². The van der Waals surface area contributed by atoms with E-state index in [0.717, 1.165) is 4.44 Å². The number of aliphatic hydroxyl groups is 1. The van der Waals surface area contributed by atoms with Crippen molar-refractivity contribution in [3.05, 3.63) is 103 Å². The second-order valence-electron chi connectivity index (χ2n) is 8.45. The summed E-state index contributed by atoms with van der Waals surface area (Å²) in [5.41, 5.74) is -0.152. The summed E-state index contributed by atoms with van der Waals surface area (Å²) in [5.74, 6) is 0. The standard InChI is InChI=1S/C8H15O.3C6H5.Sn/c1-5-6-7(9)8(2,3)4;3*1-2-4-6-5-3-1;/h5-7,9H,1H2,2-4H3;3*1-5H;/b6-5+;;;;. The van der Waals surface area contributed by atoms with Gasteiger partial charge in [0.1, 0.15) is 0 Å². The summed E-state index contributed by atoms with van der Waals surface area (Å²) in [4.78, 5) is 0. The van der Waals surface area contributed by atoms with Gasteiger partial charge in [-0.2, -0.15) is 0 Å². The van der Waals surface area contributed by atoms with Gasteiger partial charge in [0.15, 0.2) is 0 Å². The minimum absolute atomic E-state index is 0.152. The quantitative estimate of drug-likeness (QED) is 0.419. The van der Waals surface area contributed by atoms with Crippen molar-refractivity contribution in [3.63, 3.8) is 0 Å². The fourth-order valence-corrected chi connectivity index (χ4v) is 16.5. The first-order valence-electron chi connectivity index (χ1n) is 9.96. The molecule has 0 saturated carbocycles. The van der Waals surface area contributed by atoms with Crippen molar-refractivity contribution in [3.8, 4) is 0 Å². The SMILES string of the molecule is CC(C)(C)C(O)/C=C/[CH2][Sn]([c]1ccccc1)([c]1ccccc1)[c]1ccccc1. The zero-order valence-electron chi connectivity index (χ0n) is 17.0. The van der Waals surface area contributed by atoms with E-state index in [0.29, 0.717) is 0 Å². The molecule has 0 radical (unpaired) electrons. The van der Waals surface area contributed by atoms with E-state index in [1.165, 1.54) is 10.7 Å². The van der Waals surface area contributed by atoms with Crippen LogP contribution in [0.5, 0.6) is 0 Å². The molecule has 1 atom stereocenters. The van der Waals surface area contributed by atoms with E-state index in [1.54, 1.807) is 0 Å². The van der Waals surface area contributed by atoms with Gasteiger partial charge in [-0.15, -0.1) is 0 Å². The molecule has 0 heterocycles. The molecule has 3 aromatic rings. The molecule has 0 bridgehead atoms. The first-order valence-corrected chi connectivity index (χ1v) is 16.3. The minimum atomic E-state index is -3.24. The van der Waals surface area contributed by atoms with Crippen LogP contribution in [0.15, 0.2) is 103 Å². The fourth-order valence-electron chi connectivity index (χ4n) is 3.68. The van der Waals surface area contributed by atoms with Gasteiger partial charge in [-0.3, -0.25) is 0 Å². The van der Waals surface area contributed by atoms with Crippen molar-refractivity contribution < 1.29 is 5.11 Å². The van der Waals surface area contributed by atoms with E-state index in [2.05, 4.69) is 118 Å². The van der Waals surface area contributed by atoms with Crippen LogP contribution in [0, 0.1) is 5.41 Å². The second-order valence-corrected chi connectivity index (χ2v) is 19.7. The molecule has 0 aromatic heterocycles. The van der Waals surface area contributed by atoms with Gasteiger partial charge in [-0.25, -0.2) is 0 Å². The molecule has 144 valence electrons. The maximum absolute atomic E-state index is 10.5. The molecule has 1 nitrogen and oxygen atoms in total. The van der Waals surface area contributed by atoms with Crippen LogP contribution in [0.2, 0.25) is 4.44 Å². The van der Waals surface area contributed by atoms with E-state index in [9.17, 15) is 5.11 Å². The summed E-state index contributed by atoms with van der Waals surface area (Å²) in [6.07, 6.45) is 3.79. The monoisotopic (exact) mass is 478 g/mol. The van der Waals surface area contributed by atoms with Crippen LogP contribution in [0.1, 0.15) is 20.8 Å².